The fourth-order valence-electron chi connectivity index (χ4n) is 3.59. The number of aryl methyl sites for hydroxylation is 3. The predicted molar refractivity (Wildman–Crippen MR) is 109 cm³/mol. The Morgan fingerprint density at radius 2 is 1.96 bits per heavy atom. The van der Waals surface area contributed by atoms with Crippen LogP contribution < -0.4 is 10.2 Å². The molecule has 5 nitrogen and oxygen atoms in total. The van der Waals surface area contributed by atoms with Gasteiger partial charge >= 0.3 is 0 Å². The summed E-state index contributed by atoms with van der Waals surface area (Å²) in [6.07, 6.45) is 2.26. The minimum Gasteiger partial charge on any atom is -0.371 e. The zero-order valence-electron chi connectivity index (χ0n) is 15.6. The van der Waals surface area contributed by atoms with Crippen molar-refractivity contribution in [1.82, 2.24) is 14.8 Å². The normalized spacial score (nSPS) is 15.4. The van der Waals surface area contributed by atoms with Crippen molar-refractivity contribution in [3.05, 3.63) is 46.4 Å². The summed E-state index contributed by atoms with van der Waals surface area (Å²) in [4.78, 5) is 7.10. The maximum Gasteiger partial charge on any atom is 0.124 e. The first-order chi connectivity index (χ1) is 12.6. The van der Waals surface area contributed by atoms with E-state index in [2.05, 4.69) is 62.9 Å². The van der Waals surface area contributed by atoms with Crippen molar-refractivity contribution in [2.45, 2.75) is 32.7 Å². The van der Waals surface area contributed by atoms with Gasteiger partial charge in [0.2, 0.25) is 0 Å². The molecule has 3 heterocycles. The van der Waals surface area contributed by atoms with Crippen LogP contribution in [0.3, 0.4) is 0 Å². The molecule has 1 saturated heterocycles. The average Bonchev–Trinajstić information content (AvgIpc) is 3.21. The van der Waals surface area contributed by atoms with Crippen molar-refractivity contribution in [3.8, 4) is 11.3 Å². The number of hydrogen-bond acceptors (Lipinski definition) is 5. The minimum absolute atomic E-state index is 0.505. The molecule has 0 spiro atoms. The Balaban J connectivity index is 1.41. The van der Waals surface area contributed by atoms with Crippen molar-refractivity contribution in [1.29, 1.82) is 0 Å². The number of rotatable bonds is 4. The Hall–Kier alpha value is -2.34. The van der Waals surface area contributed by atoms with Crippen LogP contribution in [-0.2, 0) is 7.05 Å². The molecule has 4 rings (SSSR count). The van der Waals surface area contributed by atoms with Crippen LogP contribution in [0.15, 0.2) is 35.7 Å². The first kappa shape index (κ1) is 17.1. The number of thiazole rings is 1. The highest BCUT2D eigenvalue weighted by Gasteiger charge is 2.20. The van der Waals surface area contributed by atoms with Crippen LogP contribution in [0.5, 0.6) is 0 Å². The van der Waals surface area contributed by atoms with Crippen LogP contribution in [-0.4, -0.2) is 33.9 Å². The summed E-state index contributed by atoms with van der Waals surface area (Å²) in [5, 5.41) is 11.3. The van der Waals surface area contributed by atoms with Crippen molar-refractivity contribution >= 4 is 22.8 Å². The highest BCUT2D eigenvalue weighted by Crippen LogP contribution is 2.28. The summed E-state index contributed by atoms with van der Waals surface area (Å²) in [5.74, 6) is 1.11. The molecule has 2 aromatic heterocycles. The Labute approximate surface area is 158 Å². The Kier molecular flexibility index (Phi) is 4.68. The topological polar surface area (TPSA) is 46.0 Å². The molecule has 26 heavy (non-hydrogen) atoms. The predicted octanol–water partition coefficient (Wildman–Crippen LogP) is 4.24. The van der Waals surface area contributed by atoms with Crippen LogP contribution >= 0.6 is 11.3 Å². The third-order valence-corrected chi connectivity index (χ3v) is 5.75. The summed E-state index contributed by atoms with van der Waals surface area (Å²) in [7, 11) is 2.00. The number of anilines is 2. The monoisotopic (exact) mass is 367 g/mol. The van der Waals surface area contributed by atoms with Gasteiger partial charge in [0.05, 0.1) is 16.4 Å². The van der Waals surface area contributed by atoms with Crippen molar-refractivity contribution in [2.75, 3.05) is 23.3 Å². The van der Waals surface area contributed by atoms with Crippen LogP contribution in [0, 0.1) is 13.8 Å². The largest absolute Gasteiger partial charge is 0.371 e. The zero-order valence-corrected chi connectivity index (χ0v) is 16.4. The molecule has 0 radical (unpaired) electrons. The molecular weight excluding hydrogens is 342 g/mol. The van der Waals surface area contributed by atoms with E-state index in [1.165, 1.54) is 11.3 Å². The molecule has 0 atom stereocenters. The summed E-state index contributed by atoms with van der Waals surface area (Å²) in [6.45, 7) is 6.21. The van der Waals surface area contributed by atoms with E-state index in [0.29, 0.717) is 6.04 Å². The van der Waals surface area contributed by atoms with E-state index in [1.54, 1.807) is 11.3 Å². The maximum absolute atomic E-state index is 4.62. The molecule has 0 unspecified atom stereocenters. The lowest BCUT2D eigenvalue weighted by Crippen LogP contribution is -2.39. The Bertz CT molecular complexity index is 889. The fourth-order valence-corrected chi connectivity index (χ4v) is 4.22. The molecule has 0 amide bonds. The second kappa shape index (κ2) is 7.11. The third kappa shape index (κ3) is 3.60. The molecule has 1 aliphatic heterocycles. The van der Waals surface area contributed by atoms with Gasteiger partial charge in [-0.05, 0) is 38.8 Å². The summed E-state index contributed by atoms with van der Waals surface area (Å²) < 4.78 is 1.93. The van der Waals surface area contributed by atoms with Gasteiger partial charge in [-0.3, -0.25) is 4.68 Å². The minimum atomic E-state index is 0.505. The van der Waals surface area contributed by atoms with E-state index in [1.807, 2.05) is 18.7 Å². The van der Waals surface area contributed by atoms with E-state index in [9.17, 15) is 0 Å². The van der Waals surface area contributed by atoms with Gasteiger partial charge in [-0.25, -0.2) is 4.98 Å². The second-order valence-corrected chi connectivity index (χ2v) is 8.06. The molecule has 1 aromatic carbocycles. The van der Waals surface area contributed by atoms with E-state index < -0.39 is 0 Å². The fraction of sp³-hybridized carbons (Fsp3) is 0.400. The van der Waals surface area contributed by atoms with Gasteiger partial charge < -0.3 is 10.2 Å². The Morgan fingerprint density at radius 1 is 1.15 bits per heavy atom. The highest BCUT2D eigenvalue weighted by molar-refractivity contribution is 7.09. The molecule has 0 bridgehead atoms. The van der Waals surface area contributed by atoms with Crippen LogP contribution in [0.4, 0.5) is 11.5 Å². The molecule has 1 fully saturated rings. The van der Waals surface area contributed by atoms with Gasteiger partial charge in [-0.15, -0.1) is 11.3 Å². The van der Waals surface area contributed by atoms with Crippen LogP contribution in [0.1, 0.15) is 23.5 Å². The molecule has 0 aliphatic carbocycles. The average molecular weight is 368 g/mol. The van der Waals surface area contributed by atoms with Crippen molar-refractivity contribution < 1.29 is 0 Å². The van der Waals surface area contributed by atoms with Crippen molar-refractivity contribution in [3.63, 3.8) is 0 Å². The number of nitrogens with zero attached hydrogens (tertiary/aromatic N) is 4. The van der Waals surface area contributed by atoms with E-state index >= 15 is 0 Å². The Morgan fingerprint density at radius 3 is 2.62 bits per heavy atom. The number of nitrogens with one attached hydrogen (secondary N) is 1. The van der Waals surface area contributed by atoms with Gasteiger partial charge in [-0.2, -0.15) is 5.10 Å². The van der Waals surface area contributed by atoms with Crippen LogP contribution in [0.2, 0.25) is 0 Å². The van der Waals surface area contributed by atoms with Gasteiger partial charge in [-0.1, -0.05) is 12.1 Å². The zero-order chi connectivity index (χ0) is 18.1. The second-order valence-electron chi connectivity index (χ2n) is 7.00. The quantitative estimate of drug-likeness (QED) is 0.749. The lowest BCUT2D eigenvalue weighted by Gasteiger charge is -2.34. The molecule has 0 saturated carbocycles. The highest BCUT2D eigenvalue weighted by atomic mass is 32.1. The molecule has 3 aromatic rings. The number of aromatic nitrogens is 3. The van der Waals surface area contributed by atoms with E-state index in [0.717, 1.165) is 48.1 Å². The smallest absolute Gasteiger partial charge is 0.124 e. The molecule has 1 N–H and O–H groups in total. The van der Waals surface area contributed by atoms with Gasteiger partial charge in [0.1, 0.15) is 5.82 Å². The lowest BCUT2D eigenvalue weighted by atomic mass is 10.0. The standard InChI is InChI=1S/C20H25N5S/c1-14-11-20(24(3)23-14)22-17-7-9-25(10-8-17)18-6-4-5-16(12-18)19-13-26-15(2)21-19/h4-6,11-13,17,22H,7-10H2,1-3H3. The number of hydrogen-bond donors (Lipinski definition) is 1. The number of piperidine rings is 1. The molecule has 136 valence electrons. The molecule has 1 aliphatic rings. The van der Waals surface area contributed by atoms with Gasteiger partial charge in [0.15, 0.2) is 0 Å². The summed E-state index contributed by atoms with van der Waals surface area (Å²) in [5.41, 5.74) is 4.64. The third-order valence-electron chi connectivity index (χ3n) is 4.98. The SMILES string of the molecule is Cc1cc(NC2CCN(c3cccc(-c4csc(C)n4)c3)CC2)n(C)n1. The van der Waals surface area contributed by atoms with Crippen molar-refractivity contribution in [2.24, 2.45) is 7.05 Å². The first-order valence-corrected chi connectivity index (χ1v) is 10.0. The lowest BCUT2D eigenvalue weighted by molar-refractivity contribution is 0.522. The van der Waals surface area contributed by atoms with Crippen LogP contribution in [0.25, 0.3) is 11.3 Å². The molecule has 6 heteroatoms. The summed E-state index contributed by atoms with van der Waals surface area (Å²) in [6, 6.07) is 11.4. The summed E-state index contributed by atoms with van der Waals surface area (Å²) >= 11 is 1.70. The van der Waals surface area contributed by atoms with E-state index in [4.69, 9.17) is 0 Å². The molecular formula is C20H25N5S. The maximum atomic E-state index is 4.62. The number of benzene rings is 1. The van der Waals surface area contributed by atoms with Gasteiger partial charge in [0.25, 0.3) is 0 Å². The van der Waals surface area contributed by atoms with Gasteiger partial charge in [0, 0.05) is 48.9 Å². The van der Waals surface area contributed by atoms with E-state index in [-0.39, 0.29) is 0 Å². The first-order valence-electron chi connectivity index (χ1n) is 9.13.